The quantitative estimate of drug-likeness (QED) is 0.697. The lowest BCUT2D eigenvalue weighted by Crippen LogP contribution is -1.90. The van der Waals surface area contributed by atoms with Gasteiger partial charge in [0.2, 0.25) is 0 Å². The first-order valence-electron chi connectivity index (χ1n) is 8.57. The lowest BCUT2D eigenvalue weighted by molar-refractivity contribution is 1.35. The van der Waals surface area contributed by atoms with E-state index >= 15 is 0 Å². The molecule has 96 valence electrons. The van der Waals surface area contributed by atoms with E-state index in [1.807, 2.05) is 19.1 Å². The molecule has 0 aromatic heterocycles. The van der Waals surface area contributed by atoms with Gasteiger partial charge in [0.1, 0.15) is 0 Å². The van der Waals surface area contributed by atoms with Gasteiger partial charge in [-0.05, 0) is 62.0 Å². The smallest absolute Gasteiger partial charge is 0.0645 e. The number of rotatable bonds is 0. The zero-order chi connectivity index (χ0) is 18.8. The zero-order valence-corrected chi connectivity index (χ0v) is 10.9. The number of hydrogen-bond donors (Lipinski definition) is 2. The Kier molecular flexibility index (Phi) is 2.53. The largest absolute Gasteiger partial charge is 0.399 e. The Hall–Kier alpha value is -1.96. The van der Waals surface area contributed by atoms with Gasteiger partial charge in [-0.15, -0.1) is 0 Å². The van der Waals surface area contributed by atoms with Gasteiger partial charge in [-0.25, -0.2) is 0 Å². The molecule has 0 saturated heterocycles. The summed E-state index contributed by atoms with van der Waals surface area (Å²) in [5.74, 6) is 0. The molecule has 0 aliphatic rings. The first-order valence-corrected chi connectivity index (χ1v) is 5.57. The lowest BCUT2D eigenvalue weighted by atomic mass is 10.1. The van der Waals surface area contributed by atoms with Gasteiger partial charge in [-0.2, -0.15) is 0 Å². The van der Waals surface area contributed by atoms with Crippen molar-refractivity contribution in [2.75, 3.05) is 11.5 Å². The summed E-state index contributed by atoms with van der Waals surface area (Å²) < 4.78 is 44.0. The number of benzene rings is 2. The Labute approximate surface area is 118 Å². The minimum absolute atomic E-state index is 0.147. The van der Waals surface area contributed by atoms with Gasteiger partial charge in [0, 0.05) is 15.5 Å². The van der Waals surface area contributed by atoms with Gasteiger partial charge >= 0.3 is 0 Å². The maximum atomic E-state index is 7.49. The molecule has 0 fully saturated rings. The fraction of sp³-hybridized carbons (Fsp3) is 0.250. The molecule has 2 nitrogen and oxygen atoms in total. The van der Waals surface area contributed by atoms with Crippen molar-refractivity contribution in [2.45, 2.75) is 27.6 Å². The maximum Gasteiger partial charge on any atom is 0.0645 e. The predicted octanol–water partition coefficient (Wildman–Crippen LogP) is 3.77. The molecule has 2 rings (SSSR count). The molecule has 4 N–H and O–H groups in total. The Balaban J connectivity index is 0.000000272. The number of nitrogen functional groups attached to an aromatic ring is 2. The summed E-state index contributed by atoms with van der Waals surface area (Å²) in [4.78, 5) is 0. The molecule has 0 atom stereocenters. The Morgan fingerprint density at radius 1 is 0.944 bits per heavy atom. The Morgan fingerprint density at radius 2 is 1.67 bits per heavy atom. The molecular weight excluding hydrogens is 220 g/mol. The van der Waals surface area contributed by atoms with Crippen molar-refractivity contribution < 1.29 is 8.22 Å². The second kappa shape index (κ2) is 6.10. The van der Waals surface area contributed by atoms with Crippen LogP contribution in [0.2, 0.25) is 0 Å². The summed E-state index contributed by atoms with van der Waals surface area (Å²) >= 11 is 0. The Morgan fingerprint density at radius 3 is 2.22 bits per heavy atom. The summed E-state index contributed by atoms with van der Waals surface area (Å²) in [5.41, 5.74) is 14.2. The highest BCUT2D eigenvalue weighted by molar-refractivity contribution is 5.49. The van der Waals surface area contributed by atoms with Crippen LogP contribution in [0.5, 0.6) is 0 Å². The molecule has 0 unspecified atom stereocenters. The SMILES string of the molecule is Cc1cccc(N)c1C.[2H]c1c([2H])c(C)c(C([2H])([2H])[2H])c(N)c1[2H]. The van der Waals surface area contributed by atoms with E-state index in [-0.39, 0.29) is 28.9 Å². The molecule has 0 radical (unpaired) electrons. The van der Waals surface area contributed by atoms with Crippen LogP contribution in [-0.4, -0.2) is 0 Å². The molecule has 2 heteroatoms. The van der Waals surface area contributed by atoms with Crippen molar-refractivity contribution in [2.24, 2.45) is 0 Å². The average Bonchev–Trinajstić information content (AvgIpc) is 2.48. The fourth-order valence-electron chi connectivity index (χ4n) is 1.29. The molecule has 0 amide bonds. The second-order valence-electron chi connectivity index (χ2n) is 4.08. The van der Waals surface area contributed by atoms with Crippen LogP contribution in [0.4, 0.5) is 11.4 Å². The summed E-state index contributed by atoms with van der Waals surface area (Å²) in [7, 11) is 0. The zero-order valence-electron chi connectivity index (χ0n) is 16.9. The van der Waals surface area contributed by atoms with E-state index in [1.54, 1.807) is 0 Å². The first kappa shape index (κ1) is 7.47. The van der Waals surface area contributed by atoms with E-state index in [0.29, 0.717) is 0 Å². The monoisotopic (exact) mass is 248 g/mol. The topological polar surface area (TPSA) is 52.0 Å². The normalized spacial score (nSPS) is 15.1. The molecule has 0 aliphatic heterocycles. The lowest BCUT2D eigenvalue weighted by Gasteiger charge is -2.00. The van der Waals surface area contributed by atoms with Crippen LogP contribution in [0.3, 0.4) is 0 Å². The summed E-state index contributed by atoms with van der Waals surface area (Å²) in [6.45, 7) is 3.07. The van der Waals surface area contributed by atoms with Crippen molar-refractivity contribution in [3.8, 4) is 0 Å². The fourth-order valence-corrected chi connectivity index (χ4v) is 1.29. The molecule has 18 heavy (non-hydrogen) atoms. The molecular formula is C16H22N2. The minimum atomic E-state index is -2.45. The van der Waals surface area contributed by atoms with Crippen LogP contribution in [0.25, 0.3) is 0 Å². The van der Waals surface area contributed by atoms with Gasteiger partial charge in [-0.3, -0.25) is 0 Å². The standard InChI is InChI=1S/2C8H11N/c2*1-6-4-3-5-8(9)7(6)2/h2*3-5H,9H2,1-2H3/i2D3,3D,4D,5D;. The van der Waals surface area contributed by atoms with Crippen LogP contribution in [0.1, 0.15) is 30.5 Å². The third kappa shape index (κ3) is 3.52. The van der Waals surface area contributed by atoms with Gasteiger partial charge in [0.25, 0.3) is 0 Å². The minimum Gasteiger partial charge on any atom is -0.399 e. The van der Waals surface area contributed by atoms with E-state index in [0.717, 1.165) is 5.69 Å². The molecule has 2 aromatic carbocycles. The molecule has 0 saturated carbocycles. The van der Waals surface area contributed by atoms with Gasteiger partial charge in [-0.1, -0.05) is 24.2 Å². The van der Waals surface area contributed by atoms with E-state index in [9.17, 15) is 0 Å². The highest BCUT2D eigenvalue weighted by atomic mass is 14.6. The van der Waals surface area contributed by atoms with Gasteiger partial charge < -0.3 is 11.5 Å². The molecule has 2 aromatic rings. The third-order valence-corrected chi connectivity index (χ3v) is 2.74. The van der Waals surface area contributed by atoms with Crippen molar-refractivity contribution in [3.05, 3.63) is 58.6 Å². The molecule has 0 aliphatic carbocycles. The average molecular weight is 248 g/mol. The second-order valence-corrected chi connectivity index (χ2v) is 4.08. The number of hydrogen-bond acceptors (Lipinski definition) is 2. The molecule has 0 bridgehead atoms. The van der Waals surface area contributed by atoms with Crippen LogP contribution in [0, 0.1) is 27.6 Å². The predicted molar refractivity (Wildman–Crippen MR) is 80.7 cm³/mol. The number of aryl methyl sites for hydroxylation is 1. The maximum absolute atomic E-state index is 7.49. The van der Waals surface area contributed by atoms with Crippen molar-refractivity contribution >= 4 is 11.4 Å². The summed E-state index contributed by atoms with van der Waals surface area (Å²) in [6.07, 6.45) is 0. The van der Waals surface area contributed by atoms with Crippen molar-refractivity contribution in [3.63, 3.8) is 0 Å². The Bertz CT molecular complexity index is 704. The first-order chi connectivity index (χ1) is 10.9. The number of anilines is 2. The third-order valence-electron chi connectivity index (χ3n) is 2.74. The van der Waals surface area contributed by atoms with Crippen LogP contribution < -0.4 is 11.5 Å². The molecule has 0 heterocycles. The van der Waals surface area contributed by atoms with Gasteiger partial charge in [0.15, 0.2) is 0 Å². The van der Waals surface area contributed by atoms with Crippen molar-refractivity contribution in [1.82, 2.24) is 0 Å². The molecule has 0 spiro atoms. The van der Waals surface area contributed by atoms with Crippen molar-refractivity contribution in [1.29, 1.82) is 0 Å². The number of nitrogens with two attached hydrogens (primary N) is 2. The van der Waals surface area contributed by atoms with Crippen LogP contribution in [-0.2, 0) is 0 Å². The van der Waals surface area contributed by atoms with E-state index in [1.165, 1.54) is 18.1 Å². The van der Waals surface area contributed by atoms with Crippen LogP contribution in [0.15, 0.2) is 36.3 Å². The van der Waals surface area contributed by atoms with E-state index < -0.39 is 12.9 Å². The van der Waals surface area contributed by atoms with E-state index in [4.69, 9.17) is 19.7 Å². The van der Waals surface area contributed by atoms with E-state index in [2.05, 4.69) is 13.0 Å². The summed E-state index contributed by atoms with van der Waals surface area (Å²) in [6, 6.07) is 4.97. The summed E-state index contributed by atoms with van der Waals surface area (Å²) in [5, 5.41) is 0. The van der Waals surface area contributed by atoms with Crippen LogP contribution >= 0.6 is 0 Å². The highest BCUT2D eigenvalue weighted by Crippen LogP contribution is 2.13. The highest BCUT2D eigenvalue weighted by Gasteiger charge is 1.93. The van der Waals surface area contributed by atoms with Gasteiger partial charge in [0.05, 0.1) is 4.11 Å².